The maximum Gasteiger partial charge on any atom is 0.224 e. The smallest absolute Gasteiger partial charge is 0.224 e. The van der Waals surface area contributed by atoms with E-state index < -0.39 is 0 Å². The van der Waals surface area contributed by atoms with Gasteiger partial charge >= 0.3 is 0 Å². The van der Waals surface area contributed by atoms with E-state index in [1.54, 1.807) is 0 Å². The molecule has 2 rings (SSSR count). The molecule has 0 radical (unpaired) electrons. The Balaban J connectivity index is 2.09. The molecule has 0 aliphatic rings. The van der Waals surface area contributed by atoms with Gasteiger partial charge in [0.15, 0.2) is 0 Å². The molecular formula is C32H49NO2. The van der Waals surface area contributed by atoms with Gasteiger partial charge in [-0.25, -0.2) is 0 Å². The Hall–Kier alpha value is -2.29. The fourth-order valence-electron chi connectivity index (χ4n) is 4.31. The van der Waals surface area contributed by atoms with E-state index in [1.165, 1.54) is 22.3 Å². The topological polar surface area (TPSA) is 38.3 Å². The number of hydrogen-bond acceptors (Lipinski definition) is 2. The van der Waals surface area contributed by atoms with Gasteiger partial charge in [-0.3, -0.25) is 4.79 Å². The lowest BCUT2D eigenvalue weighted by Crippen LogP contribution is -2.21. The number of para-hydroxylation sites is 1. The van der Waals surface area contributed by atoms with Crippen LogP contribution in [0.25, 0.3) is 0 Å². The summed E-state index contributed by atoms with van der Waals surface area (Å²) in [5, 5.41) is 3.22. The Kier molecular flexibility index (Phi) is 10.0. The second-order valence-electron chi connectivity index (χ2n) is 11.8. The van der Waals surface area contributed by atoms with Crippen LogP contribution in [0.5, 0.6) is 5.75 Å². The number of rotatable bonds is 12. The van der Waals surface area contributed by atoms with E-state index in [-0.39, 0.29) is 16.7 Å². The highest BCUT2D eigenvalue weighted by molar-refractivity contribution is 5.92. The zero-order valence-electron chi connectivity index (χ0n) is 24.0. The Morgan fingerprint density at radius 2 is 1.46 bits per heavy atom. The average Bonchev–Trinajstić information content (AvgIpc) is 2.81. The molecule has 1 N–H and O–H groups in total. The van der Waals surface area contributed by atoms with Crippen molar-refractivity contribution in [3.05, 3.63) is 58.7 Å². The number of carbonyl (C=O) groups excluding carboxylic acids is 1. The maximum atomic E-state index is 12.9. The molecule has 0 heterocycles. The summed E-state index contributed by atoms with van der Waals surface area (Å²) < 4.78 is 6.27. The van der Waals surface area contributed by atoms with Crippen molar-refractivity contribution >= 4 is 11.6 Å². The standard InChI is InChI=1S/C32H49NO2/c1-11-31(7,8)24-18-19-28(27(21-24)32(9,10)12-2)35-20-14-17-29(34)33-30-25(22(3)4)15-13-16-26(30)23(5)6/h13,15-16,18-19,21-23H,11-12,14,17,20H2,1-10H3,(H,33,34). The number of nitrogens with one attached hydrogen (secondary N) is 1. The number of benzene rings is 2. The maximum absolute atomic E-state index is 12.9. The van der Waals surface area contributed by atoms with Crippen LogP contribution < -0.4 is 10.1 Å². The normalized spacial score (nSPS) is 12.3. The Labute approximate surface area is 215 Å². The quantitative estimate of drug-likeness (QED) is 0.308. The Morgan fingerprint density at radius 3 is 1.97 bits per heavy atom. The predicted octanol–water partition coefficient (Wildman–Crippen LogP) is 9.11. The van der Waals surface area contributed by atoms with Crippen molar-refractivity contribution in [3.8, 4) is 5.75 Å². The summed E-state index contributed by atoms with van der Waals surface area (Å²) in [7, 11) is 0. The number of hydrogen-bond donors (Lipinski definition) is 1. The molecule has 0 saturated carbocycles. The first-order valence-corrected chi connectivity index (χ1v) is 13.5. The highest BCUT2D eigenvalue weighted by Crippen LogP contribution is 2.38. The molecule has 2 aromatic rings. The first-order valence-electron chi connectivity index (χ1n) is 13.5. The molecule has 0 atom stereocenters. The van der Waals surface area contributed by atoms with Gasteiger partial charge in [0, 0.05) is 17.7 Å². The van der Waals surface area contributed by atoms with Gasteiger partial charge in [0.25, 0.3) is 0 Å². The van der Waals surface area contributed by atoms with E-state index in [0.29, 0.717) is 31.3 Å². The minimum atomic E-state index is 0.0281. The SMILES string of the molecule is CCC(C)(C)c1ccc(OCCCC(=O)Nc2c(C(C)C)cccc2C(C)C)c(C(C)(C)CC)c1. The van der Waals surface area contributed by atoms with Crippen LogP contribution in [0.3, 0.4) is 0 Å². The molecular weight excluding hydrogens is 430 g/mol. The lowest BCUT2D eigenvalue weighted by molar-refractivity contribution is -0.116. The fraction of sp³-hybridized carbons (Fsp3) is 0.594. The molecule has 3 heteroatoms. The molecule has 3 nitrogen and oxygen atoms in total. The fourth-order valence-corrected chi connectivity index (χ4v) is 4.31. The van der Waals surface area contributed by atoms with Gasteiger partial charge in [-0.2, -0.15) is 0 Å². The molecule has 0 fully saturated rings. The molecule has 0 unspecified atom stereocenters. The third-order valence-electron chi connectivity index (χ3n) is 7.70. The zero-order valence-corrected chi connectivity index (χ0v) is 24.0. The zero-order chi connectivity index (χ0) is 26.4. The summed E-state index contributed by atoms with van der Waals surface area (Å²) >= 11 is 0. The molecule has 1 amide bonds. The van der Waals surface area contributed by atoms with E-state index in [4.69, 9.17) is 4.74 Å². The first-order chi connectivity index (χ1) is 16.3. The van der Waals surface area contributed by atoms with E-state index in [0.717, 1.165) is 24.3 Å². The third-order valence-corrected chi connectivity index (χ3v) is 7.70. The van der Waals surface area contributed by atoms with Crippen molar-refractivity contribution in [2.75, 3.05) is 11.9 Å². The second kappa shape index (κ2) is 12.1. The van der Waals surface area contributed by atoms with Crippen LogP contribution in [-0.4, -0.2) is 12.5 Å². The minimum absolute atomic E-state index is 0.0281. The summed E-state index contributed by atoms with van der Waals surface area (Å²) in [6.07, 6.45) is 3.25. The largest absolute Gasteiger partial charge is 0.493 e. The number of anilines is 1. The van der Waals surface area contributed by atoms with Crippen molar-refractivity contribution in [2.45, 2.75) is 118 Å². The monoisotopic (exact) mass is 479 g/mol. The van der Waals surface area contributed by atoms with Crippen LogP contribution in [0.15, 0.2) is 36.4 Å². The predicted molar refractivity (Wildman–Crippen MR) is 151 cm³/mol. The van der Waals surface area contributed by atoms with Gasteiger partial charge in [-0.1, -0.05) is 99.6 Å². The van der Waals surface area contributed by atoms with Crippen LogP contribution in [0.1, 0.15) is 129 Å². The van der Waals surface area contributed by atoms with Crippen molar-refractivity contribution in [2.24, 2.45) is 0 Å². The summed E-state index contributed by atoms with van der Waals surface area (Å²) in [5.41, 5.74) is 6.16. The van der Waals surface area contributed by atoms with Crippen LogP contribution in [0.2, 0.25) is 0 Å². The van der Waals surface area contributed by atoms with Crippen LogP contribution in [0, 0.1) is 0 Å². The van der Waals surface area contributed by atoms with Crippen molar-refractivity contribution in [3.63, 3.8) is 0 Å². The molecule has 0 aliphatic carbocycles. The Morgan fingerprint density at radius 1 is 0.886 bits per heavy atom. The van der Waals surface area contributed by atoms with E-state index in [1.807, 2.05) is 0 Å². The van der Waals surface area contributed by atoms with Crippen molar-refractivity contribution < 1.29 is 9.53 Å². The van der Waals surface area contributed by atoms with E-state index in [2.05, 4.69) is 111 Å². The molecule has 35 heavy (non-hydrogen) atoms. The summed E-state index contributed by atoms with van der Waals surface area (Å²) in [4.78, 5) is 12.9. The molecule has 0 aromatic heterocycles. The van der Waals surface area contributed by atoms with Crippen LogP contribution in [0.4, 0.5) is 5.69 Å². The third kappa shape index (κ3) is 7.35. The molecule has 0 bridgehead atoms. The first kappa shape index (κ1) is 28.9. The highest BCUT2D eigenvalue weighted by atomic mass is 16.5. The molecule has 194 valence electrons. The van der Waals surface area contributed by atoms with Gasteiger partial charge < -0.3 is 10.1 Å². The molecule has 2 aromatic carbocycles. The Bertz CT molecular complexity index is 959. The van der Waals surface area contributed by atoms with Gasteiger partial charge in [-0.05, 0) is 64.7 Å². The molecule has 0 aliphatic heterocycles. The van der Waals surface area contributed by atoms with Gasteiger partial charge in [-0.15, -0.1) is 0 Å². The van der Waals surface area contributed by atoms with Gasteiger partial charge in [0.1, 0.15) is 5.75 Å². The average molecular weight is 480 g/mol. The van der Waals surface area contributed by atoms with Crippen LogP contribution >= 0.6 is 0 Å². The van der Waals surface area contributed by atoms with Gasteiger partial charge in [0.05, 0.1) is 6.61 Å². The summed E-state index contributed by atoms with van der Waals surface area (Å²) in [6, 6.07) is 13.0. The summed E-state index contributed by atoms with van der Waals surface area (Å²) in [5.74, 6) is 1.71. The van der Waals surface area contributed by atoms with Crippen molar-refractivity contribution in [1.82, 2.24) is 0 Å². The number of carbonyl (C=O) groups is 1. The molecule has 0 saturated heterocycles. The molecule has 0 spiro atoms. The minimum Gasteiger partial charge on any atom is -0.493 e. The highest BCUT2D eigenvalue weighted by Gasteiger charge is 2.26. The van der Waals surface area contributed by atoms with Gasteiger partial charge in [0.2, 0.25) is 5.91 Å². The van der Waals surface area contributed by atoms with Crippen molar-refractivity contribution in [1.29, 1.82) is 0 Å². The summed E-state index contributed by atoms with van der Waals surface area (Å²) in [6.45, 7) is 22.8. The number of ether oxygens (including phenoxy) is 1. The van der Waals surface area contributed by atoms with E-state index >= 15 is 0 Å². The lowest BCUT2D eigenvalue weighted by atomic mass is 9.76. The van der Waals surface area contributed by atoms with E-state index in [9.17, 15) is 4.79 Å². The number of amides is 1. The second-order valence-corrected chi connectivity index (χ2v) is 11.8. The lowest BCUT2D eigenvalue weighted by Gasteiger charge is -2.30. The van der Waals surface area contributed by atoms with Crippen LogP contribution in [-0.2, 0) is 15.6 Å².